The Morgan fingerprint density at radius 3 is 2.26 bits per heavy atom. The van der Waals surface area contributed by atoms with E-state index in [4.69, 9.17) is 4.74 Å². The van der Waals surface area contributed by atoms with Gasteiger partial charge < -0.3 is 10.1 Å². The molecule has 35 heavy (non-hydrogen) atoms. The van der Waals surface area contributed by atoms with Gasteiger partial charge in [0.2, 0.25) is 11.8 Å². The topological polar surface area (TPSA) is 92.8 Å². The molecule has 0 spiro atoms. The number of imide groups is 1. The second-order valence-electron chi connectivity index (χ2n) is 10.1. The van der Waals surface area contributed by atoms with Crippen molar-refractivity contribution in [2.75, 3.05) is 11.9 Å². The van der Waals surface area contributed by atoms with E-state index in [0.29, 0.717) is 5.69 Å². The highest BCUT2D eigenvalue weighted by molar-refractivity contribution is 6.08. The fraction of sp³-hybridized carbons (Fsp3) is 0.429. The first kappa shape index (κ1) is 23.3. The van der Waals surface area contributed by atoms with Gasteiger partial charge in [-0.15, -0.1) is 0 Å². The average Bonchev–Trinajstić information content (AvgIpc) is 3.53. The SMILES string of the molecule is Cc1ccc(NC(=O)COC(=O)[C@H](Cc2ccccc2)N2C(=O)[C@@H]3[C@H]4CC[C@@H](C4)[C@@H]3C2=O)cc1C. The molecule has 1 saturated heterocycles. The third kappa shape index (κ3) is 4.35. The number of ether oxygens (including phenoxy) is 1. The number of anilines is 1. The maximum absolute atomic E-state index is 13.4. The quantitative estimate of drug-likeness (QED) is 0.490. The van der Waals surface area contributed by atoms with Gasteiger partial charge in [-0.05, 0) is 73.8 Å². The number of esters is 1. The van der Waals surface area contributed by atoms with Crippen molar-refractivity contribution in [3.05, 3.63) is 65.2 Å². The van der Waals surface area contributed by atoms with Gasteiger partial charge in [0, 0.05) is 12.1 Å². The van der Waals surface area contributed by atoms with Gasteiger partial charge in [0.15, 0.2) is 6.61 Å². The predicted octanol–water partition coefficient (Wildman–Crippen LogP) is 3.43. The van der Waals surface area contributed by atoms with Crippen LogP contribution in [0.25, 0.3) is 0 Å². The molecule has 182 valence electrons. The molecule has 2 saturated carbocycles. The Morgan fingerprint density at radius 2 is 1.63 bits per heavy atom. The Morgan fingerprint density at radius 1 is 0.971 bits per heavy atom. The van der Waals surface area contributed by atoms with Gasteiger partial charge >= 0.3 is 5.97 Å². The zero-order valence-corrected chi connectivity index (χ0v) is 20.0. The maximum atomic E-state index is 13.4. The van der Waals surface area contributed by atoms with Crippen LogP contribution >= 0.6 is 0 Å². The summed E-state index contributed by atoms with van der Waals surface area (Å²) >= 11 is 0. The van der Waals surface area contributed by atoms with E-state index in [1.54, 1.807) is 6.07 Å². The Balaban J connectivity index is 1.31. The summed E-state index contributed by atoms with van der Waals surface area (Å²) in [6.07, 6.45) is 3.01. The van der Waals surface area contributed by atoms with Crippen molar-refractivity contribution in [3.63, 3.8) is 0 Å². The molecule has 0 aromatic heterocycles. The molecule has 1 heterocycles. The van der Waals surface area contributed by atoms with Crippen LogP contribution in [0.15, 0.2) is 48.5 Å². The number of hydrogen-bond acceptors (Lipinski definition) is 5. The van der Waals surface area contributed by atoms with Crippen LogP contribution < -0.4 is 5.32 Å². The van der Waals surface area contributed by atoms with Gasteiger partial charge in [0.25, 0.3) is 5.91 Å². The fourth-order valence-electron chi connectivity index (χ4n) is 6.11. The molecule has 2 aromatic carbocycles. The molecule has 1 N–H and O–H groups in total. The standard InChI is InChI=1S/C28H30N2O5/c1-16-8-11-21(12-17(16)2)29-23(31)15-35-28(34)22(13-18-6-4-3-5-7-18)30-26(32)24-19-9-10-20(14-19)25(24)27(30)33/h3-8,11-12,19-20,22,24-25H,9-10,13-15H2,1-2H3,(H,29,31)/t19-,20-,22-,24-,25+/m0/s1. The van der Waals surface area contributed by atoms with E-state index in [0.717, 1.165) is 40.9 Å². The molecule has 3 fully saturated rings. The van der Waals surface area contributed by atoms with Crippen LogP contribution in [-0.4, -0.2) is 41.2 Å². The number of likely N-dealkylation sites (tertiary alicyclic amines) is 1. The molecule has 0 unspecified atom stereocenters. The second-order valence-corrected chi connectivity index (χ2v) is 10.1. The number of fused-ring (bicyclic) bond motifs is 5. The van der Waals surface area contributed by atoms with Gasteiger partial charge in [-0.3, -0.25) is 19.3 Å². The van der Waals surface area contributed by atoms with E-state index < -0.39 is 24.5 Å². The summed E-state index contributed by atoms with van der Waals surface area (Å²) in [7, 11) is 0. The van der Waals surface area contributed by atoms with Crippen molar-refractivity contribution in [3.8, 4) is 0 Å². The van der Waals surface area contributed by atoms with Gasteiger partial charge in [-0.2, -0.15) is 0 Å². The number of nitrogens with zero attached hydrogens (tertiary/aromatic N) is 1. The summed E-state index contributed by atoms with van der Waals surface area (Å²) in [5.74, 6) is -1.92. The molecule has 7 nitrogen and oxygen atoms in total. The minimum atomic E-state index is -1.09. The Hall–Kier alpha value is -3.48. The van der Waals surface area contributed by atoms with Crippen molar-refractivity contribution in [2.24, 2.45) is 23.7 Å². The van der Waals surface area contributed by atoms with Crippen LogP contribution in [0.2, 0.25) is 0 Å². The summed E-state index contributed by atoms with van der Waals surface area (Å²) in [5, 5.41) is 2.73. The number of carbonyl (C=O) groups is 4. The number of amides is 3. The molecule has 0 radical (unpaired) electrons. The van der Waals surface area contributed by atoms with Crippen molar-refractivity contribution in [1.82, 2.24) is 4.90 Å². The van der Waals surface area contributed by atoms with E-state index in [2.05, 4.69) is 5.32 Å². The first-order valence-corrected chi connectivity index (χ1v) is 12.3. The normalized spacial score (nSPS) is 25.5. The van der Waals surface area contributed by atoms with Crippen LogP contribution in [0.5, 0.6) is 0 Å². The highest BCUT2D eigenvalue weighted by Gasteiger charge is 2.62. The van der Waals surface area contributed by atoms with E-state index in [-0.39, 0.29) is 41.9 Å². The van der Waals surface area contributed by atoms with Crippen LogP contribution in [0.3, 0.4) is 0 Å². The highest BCUT2D eigenvalue weighted by Crippen LogP contribution is 2.56. The molecule has 5 rings (SSSR count). The maximum Gasteiger partial charge on any atom is 0.330 e. The second kappa shape index (κ2) is 9.29. The molecular weight excluding hydrogens is 444 g/mol. The Labute approximate surface area is 204 Å². The third-order valence-corrected chi connectivity index (χ3v) is 7.95. The molecule has 2 aromatic rings. The van der Waals surface area contributed by atoms with Crippen LogP contribution in [0, 0.1) is 37.5 Å². The van der Waals surface area contributed by atoms with Gasteiger partial charge in [0.1, 0.15) is 6.04 Å². The Kier molecular flexibility index (Phi) is 6.17. The lowest BCUT2D eigenvalue weighted by Crippen LogP contribution is -2.48. The summed E-state index contributed by atoms with van der Waals surface area (Å²) in [6.45, 7) is 3.44. The molecule has 3 amide bonds. The molecule has 3 aliphatic rings. The molecule has 2 bridgehead atoms. The lowest BCUT2D eigenvalue weighted by molar-refractivity contribution is -0.160. The van der Waals surface area contributed by atoms with Gasteiger partial charge in [-0.25, -0.2) is 4.79 Å². The fourth-order valence-corrected chi connectivity index (χ4v) is 6.11. The molecular formula is C28H30N2O5. The minimum absolute atomic E-state index is 0.157. The lowest BCUT2D eigenvalue weighted by Gasteiger charge is -2.26. The van der Waals surface area contributed by atoms with E-state index in [9.17, 15) is 19.2 Å². The van der Waals surface area contributed by atoms with Crippen LogP contribution in [-0.2, 0) is 30.3 Å². The smallest absolute Gasteiger partial charge is 0.330 e. The van der Waals surface area contributed by atoms with Crippen molar-refractivity contribution >= 4 is 29.4 Å². The zero-order valence-electron chi connectivity index (χ0n) is 20.0. The van der Waals surface area contributed by atoms with Crippen molar-refractivity contribution in [1.29, 1.82) is 0 Å². The Bertz CT molecular complexity index is 1150. The summed E-state index contributed by atoms with van der Waals surface area (Å²) in [6, 6.07) is 13.7. The average molecular weight is 475 g/mol. The minimum Gasteiger partial charge on any atom is -0.454 e. The highest BCUT2D eigenvalue weighted by atomic mass is 16.5. The number of nitrogens with one attached hydrogen (secondary N) is 1. The van der Waals surface area contributed by atoms with E-state index >= 15 is 0 Å². The first-order valence-electron chi connectivity index (χ1n) is 12.3. The summed E-state index contributed by atoms with van der Waals surface area (Å²) in [4.78, 5) is 53.6. The lowest BCUT2D eigenvalue weighted by atomic mass is 9.81. The molecule has 1 aliphatic heterocycles. The van der Waals surface area contributed by atoms with Crippen LogP contribution in [0.4, 0.5) is 5.69 Å². The van der Waals surface area contributed by atoms with Crippen molar-refractivity contribution in [2.45, 2.75) is 45.6 Å². The van der Waals surface area contributed by atoms with Crippen LogP contribution in [0.1, 0.15) is 36.0 Å². The predicted molar refractivity (Wildman–Crippen MR) is 129 cm³/mol. The molecule has 2 aliphatic carbocycles. The van der Waals surface area contributed by atoms with Gasteiger partial charge in [-0.1, -0.05) is 36.4 Å². The number of rotatable bonds is 7. The number of carbonyl (C=O) groups excluding carboxylic acids is 4. The van der Waals surface area contributed by atoms with Crippen molar-refractivity contribution < 1.29 is 23.9 Å². The summed E-state index contributed by atoms with van der Waals surface area (Å²) in [5.41, 5.74) is 3.57. The van der Waals surface area contributed by atoms with E-state index in [1.807, 2.05) is 56.3 Å². The number of benzene rings is 2. The first-order chi connectivity index (χ1) is 16.8. The monoisotopic (exact) mass is 474 g/mol. The summed E-state index contributed by atoms with van der Waals surface area (Å²) < 4.78 is 5.37. The molecule has 5 atom stereocenters. The number of hydrogen-bond donors (Lipinski definition) is 1. The zero-order chi connectivity index (χ0) is 24.7. The third-order valence-electron chi connectivity index (χ3n) is 7.95. The molecule has 7 heteroatoms. The van der Waals surface area contributed by atoms with E-state index in [1.165, 1.54) is 0 Å². The van der Waals surface area contributed by atoms with Gasteiger partial charge in [0.05, 0.1) is 11.8 Å². The largest absolute Gasteiger partial charge is 0.454 e. The number of aryl methyl sites for hydroxylation is 2.